The quantitative estimate of drug-likeness (QED) is 0.912. The SMILES string of the molecule is O=C(c1cccc(-c2nn[nH]n2)n1)N1CC2CC3CC(C2)CC1C3. The van der Waals surface area contributed by atoms with Gasteiger partial charge >= 0.3 is 0 Å². The molecule has 4 heterocycles. The molecule has 7 nitrogen and oxygen atoms in total. The minimum absolute atomic E-state index is 0.0542. The second kappa shape index (κ2) is 5.36. The molecule has 0 spiro atoms. The van der Waals surface area contributed by atoms with E-state index in [9.17, 15) is 4.79 Å². The minimum Gasteiger partial charge on any atom is -0.334 e. The van der Waals surface area contributed by atoms with Crippen LogP contribution < -0.4 is 0 Å². The normalized spacial score (nSPS) is 31.2. The molecule has 2 unspecified atom stereocenters. The number of pyridine rings is 1. The number of tetrazole rings is 1. The van der Waals surface area contributed by atoms with Gasteiger partial charge in [-0.15, -0.1) is 10.2 Å². The summed E-state index contributed by atoms with van der Waals surface area (Å²) in [4.78, 5) is 19.7. The molecule has 7 heteroatoms. The number of aromatic nitrogens is 5. The lowest BCUT2D eigenvalue weighted by Crippen LogP contribution is -2.42. The standard InChI is InChI=1S/C17H20N6O/c24-17(15-3-1-2-14(18-15)16-19-21-22-20-16)23-9-12-5-10-4-11(6-12)8-13(23)7-10/h1-3,10-13H,4-9H2,(H,19,20,21,22). The van der Waals surface area contributed by atoms with E-state index >= 15 is 0 Å². The summed E-state index contributed by atoms with van der Waals surface area (Å²) in [7, 11) is 0. The fourth-order valence-electron chi connectivity index (χ4n) is 5.13. The van der Waals surface area contributed by atoms with Gasteiger partial charge in [0.1, 0.15) is 11.4 Å². The van der Waals surface area contributed by atoms with Crippen LogP contribution in [0.3, 0.4) is 0 Å². The first-order chi connectivity index (χ1) is 11.8. The molecular formula is C17H20N6O. The minimum atomic E-state index is 0.0542. The highest BCUT2D eigenvalue weighted by Crippen LogP contribution is 2.47. The zero-order valence-corrected chi connectivity index (χ0v) is 13.4. The Balaban J connectivity index is 1.45. The number of nitrogens with one attached hydrogen (secondary N) is 1. The molecule has 2 atom stereocenters. The lowest BCUT2D eigenvalue weighted by Gasteiger charge is -2.38. The molecule has 2 aliphatic carbocycles. The van der Waals surface area contributed by atoms with Gasteiger partial charge in [0, 0.05) is 12.6 Å². The predicted molar refractivity (Wildman–Crippen MR) is 85.8 cm³/mol. The van der Waals surface area contributed by atoms with Crippen LogP contribution in [0.25, 0.3) is 11.5 Å². The van der Waals surface area contributed by atoms with Crippen molar-refractivity contribution in [3.05, 3.63) is 23.9 Å². The molecule has 24 heavy (non-hydrogen) atoms. The van der Waals surface area contributed by atoms with E-state index in [2.05, 4.69) is 30.5 Å². The molecule has 2 saturated carbocycles. The van der Waals surface area contributed by atoms with Crippen molar-refractivity contribution < 1.29 is 4.79 Å². The van der Waals surface area contributed by atoms with Crippen LogP contribution in [0.4, 0.5) is 0 Å². The number of nitrogens with zero attached hydrogens (tertiary/aromatic N) is 5. The summed E-state index contributed by atoms with van der Waals surface area (Å²) in [6.07, 6.45) is 6.31. The smallest absolute Gasteiger partial charge is 0.272 e. The number of fused-ring (bicyclic) bond motifs is 1. The first-order valence-electron chi connectivity index (χ1n) is 8.78. The molecule has 0 aromatic carbocycles. The maximum Gasteiger partial charge on any atom is 0.272 e. The molecular weight excluding hydrogens is 304 g/mol. The van der Waals surface area contributed by atoms with E-state index in [1.54, 1.807) is 12.1 Å². The number of amides is 1. The van der Waals surface area contributed by atoms with Gasteiger partial charge in [0.2, 0.25) is 5.82 Å². The average Bonchev–Trinajstić information content (AvgIpc) is 3.06. The summed E-state index contributed by atoms with van der Waals surface area (Å²) >= 11 is 0. The maximum atomic E-state index is 13.1. The van der Waals surface area contributed by atoms with Gasteiger partial charge in [-0.05, 0) is 67.2 Å². The monoisotopic (exact) mass is 324 g/mol. The zero-order valence-electron chi connectivity index (χ0n) is 13.4. The molecule has 2 saturated heterocycles. The topological polar surface area (TPSA) is 87.7 Å². The van der Waals surface area contributed by atoms with Crippen molar-refractivity contribution in [2.24, 2.45) is 17.8 Å². The van der Waals surface area contributed by atoms with Crippen LogP contribution in [-0.4, -0.2) is 49.0 Å². The second-order valence-electron chi connectivity index (χ2n) is 7.53. The van der Waals surface area contributed by atoms with Crippen molar-refractivity contribution >= 4 is 5.91 Å². The van der Waals surface area contributed by atoms with E-state index in [1.165, 1.54) is 32.1 Å². The Bertz CT molecular complexity index is 746. The Labute approximate surface area is 139 Å². The molecule has 1 N–H and O–H groups in total. The Hall–Kier alpha value is -2.31. The number of hydrogen-bond donors (Lipinski definition) is 1. The van der Waals surface area contributed by atoms with Crippen molar-refractivity contribution in [2.75, 3.05) is 6.54 Å². The van der Waals surface area contributed by atoms with Crippen molar-refractivity contribution in [1.82, 2.24) is 30.5 Å². The van der Waals surface area contributed by atoms with Crippen LogP contribution in [-0.2, 0) is 0 Å². The van der Waals surface area contributed by atoms with Crippen molar-refractivity contribution in [1.29, 1.82) is 0 Å². The van der Waals surface area contributed by atoms with Crippen LogP contribution in [0.15, 0.2) is 18.2 Å². The Morgan fingerprint density at radius 2 is 1.88 bits per heavy atom. The van der Waals surface area contributed by atoms with Crippen LogP contribution in [0, 0.1) is 17.8 Å². The van der Waals surface area contributed by atoms with E-state index in [0.29, 0.717) is 29.2 Å². The number of hydrogen-bond acceptors (Lipinski definition) is 5. The lowest BCUT2D eigenvalue weighted by molar-refractivity contribution is 0.0627. The third-order valence-electron chi connectivity index (χ3n) is 5.91. The van der Waals surface area contributed by atoms with E-state index in [4.69, 9.17) is 0 Å². The van der Waals surface area contributed by atoms with Gasteiger partial charge < -0.3 is 4.90 Å². The Morgan fingerprint density at radius 3 is 2.62 bits per heavy atom. The van der Waals surface area contributed by atoms with Gasteiger partial charge in [-0.25, -0.2) is 4.98 Å². The third-order valence-corrected chi connectivity index (χ3v) is 5.91. The van der Waals surface area contributed by atoms with Gasteiger partial charge in [0.05, 0.1) is 0 Å². The first kappa shape index (κ1) is 14.1. The molecule has 124 valence electrons. The van der Waals surface area contributed by atoms with E-state index in [1.807, 2.05) is 6.07 Å². The fourth-order valence-corrected chi connectivity index (χ4v) is 5.13. The summed E-state index contributed by atoms with van der Waals surface area (Å²) < 4.78 is 0. The number of carbonyl (C=O) groups excluding carboxylic acids is 1. The number of rotatable bonds is 2. The van der Waals surface area contributed by atoms with E-state index in [0.717, 1.165) is 18.4 Å². The maximum absolute atomic E-state index is 13.1. The molecule has 2 aromatic heterocycles. The van der Waals surface area contributed by atoms with Gasteiger partial charge in [0.15, 0.2) is 0 Å². The van der Waals surface area contributed by atoms with Gasteiger partial charge in [0.25, 0.3) is 5.91 Å². The van der Waals surface area contributed by atoms with Crippen molar-refractivity contribution in [3.8, 4) is 11.5 Å². The molecule has 1 amide bonds. The molecule has 2 aliphatic heterocycles. The fraction of sp³-hybridized carbons (Fsp3) is 0.588. The highest BCUT2D eigenvalue weighted by molar-refractivity contribution is 5.93. The summed E-state index contributed by atoms with van der Waals surface area (Å²) in [5, 5.41) is 13.9. The second-order valence-corrected chi connectivity index (χ2v) is 7.53. The molecule has 4 bridgehead atoms. The Morgan fingerprint density at radius 1 is 1.08 bits per heavy atom. The highest BCUT2D eigenvalue weighted by atomic mass is 16.2. The van der Waals surface area contributed by atoms with E-state index in [-0.39, 0.29) is 5.91 Å². The summed E-state index contributed by atoms with van der Waals surface area (Å²) in [5.41, 5.74) is 1.06. The van der Waals surface area contributed by atoms with Crippen LogP contribution >= 0.6 is 0 Å². The summed E-state index contributed by atoms with van der Waals surface area (Å²) in [6.45, 7) is 0.893. The van der Waals surface area contributed by atoms with Crippen molar-refractivity contribution in [3.63, 3.8) is 0 Å². The van der Waals surface area contributed by atoms with E-state index < -0.39 is 0 Å². The molecule has 6 rings (SSSR count). The summed E-state index contributed by atoms with van der Waals surface area (Å²) in [5.74, 6) is 2.79. The van der Waals surface area contributed by atoms with Gasteiger partial charge in [-0.3, -0.25) is 4.79 Å². The first-order valence-corrected chi connectivity index (χ1v) is 8.78. The number of carbonyl (C=O) groups is 1. The third kappa shape index (κ3) is 2.30. The highest BCUT2D eigenvalue weighted by Gasteiger charge is 2.44. The van der Waals surface area contributed by atoms with Gasteiger partial charge in [-0.1, -0.05) is 6.07 Å². The number of aromatic amines is 1. The summed E-state index contributed by atoms with van der Waals surface area (Å²) in [6, 6.07) is 5.83. The van der Waals surface area contributed by atoms with Crippen LogP contribution in [0.2, 0.25) is 0 Å². The molecule has 4 fully saturated rings. The van der Waals surface area contributed by atoms with Crippen molar-refractivity contribution in [2.45, 2.75) is 38.1 Å². The number of H-pyrrole nitrogens is 1. The van der Waals surface area contributed by atoms with Gasteiger partial charge in [-0.2, -0.15) is 5.21 Å². The van der Waals surface area contributed by atoms with Crippen LogP contribution in [0.1, 0.15) is 42.6 Å². The lowest BCUT2D eigenvalue weighted by atomic mass is 9.68. The largest absolute Gasteiger partial charge is 0.334 e. The zero-order chi connectivity index (χ0) is 16.1. The molecule has 2 aromatic rings. The average molecular weight is 324 g/mol. The molecule has 0 radical (unpaired) electrons. The Kier molecular flexibility index (Phi) is 3.14. The predicted octanol–water partition coefficient (Wildman–Crippen LogP) is 1.91. The van der Waals surface area contributed by atoms with Crippen LogP contribution in [0.5, 0.6) is 0 Å². The molecule has 4 aliphatic rings.